The second-order valence-electron chi connectivity index (χ2n) is 4.93. The first-order chi connectivity index (χ1) is 7.68. The molecule has 1 aromatic carbocycles. The number of aliphatic hydroxyl groups is 1. The van der Waals surface area contributed by atoms with Gasteiger partial charge in [0.25, 0.3) is 0 Å². The van der Waals surface area contributed by atoms with Crippen LogP contribution >= 0.6 is 0 Å². The largest absolute Gasteiger partial charge is 0.392 e. The van der Waals surface area contributed by atoms with Gasteiger partial charge < -0.3 is 5.11 Å². The minimum Gasteiger partial charge on any atom is -0.392 e. The molecule has 0 bridgehead atoms. The van der Waals surface area contributed by atoms with Crippen LogP contribution in [0.4, 0.5) is 0 Å². The molecule has 1 aliphatic rings. The molecule has 1 fully saturated rings. The lowest BCUT2D eigenvalue weighted by atomic mass is 10.1. The van der Waals surface area contributed by atoms with Gasteiger partial charge in [-0.3, -0.25) is 4.90 Å². The summed E-state index contributed by atoms with van der Waals surface area (Å²) in [6, 6.07) is 10.8. The molecule has 2 heteroatoms. The van der Waals surface area contributed by atoms with E-state index in [4.69, 9.17) is 0 Å². The summed E-state index contributed by atoms with van der Waals surface area (Å²) < 4.78 is 0. The van der Waals surface area contributed by atoms with Gasteiger partial charge in [-0.2, -0.15) is 0 Å². The van der Waals surface area contributed by atoms with Crippen LogP contribution in [0.15, 0.2) is 30.3 Å². The molecule has 88 valence electrons. The highest BCUT2D eigenvalue weighted by Gasteiger charge is 2.31. The first-order valence-electron chi connectivity index (χ1n) is 6.11. The molecule has 0 heterocycles. The van der Waals surface area contributed by atoms with Crippen LogP contribution < -0.4 is 0 Å². The van der Waals surface area contributed by atoms with Gasteiger partial charge in [-0.1, -0.05) is 30.3 Å². The zero-order valence-electron chi connectivity index (χ0n) is 10.1. The van der Waals surface area contributed by atoms with Gasteiger partial charge in [-0.25, -0.2) is 0 Å². The SMILES string of the molecule is CC(c1ccccc1)N(C)CC(O)C1CC1. The fraction of sp³-hybridized carbons (Fsp3) is 0.571. The molecule has 0 amide bonds. The third-order valence-corrected chi connectivity index (χ3v) is 3.58. The molecule has 2 unspecified atom stereocenters. The van der Waals surface area contributed by atoms with Crippen LogP contribution in [0.3, 0.4) is 0 Å². The summed E-state index contributed by atoms with van der Waals surface area (Å²) in [5.74, 6) is 0.561. The minimum absolute atomic E-state index is 0.142. The summed E-state index contributed by atoms with van der Waals surface area (Å²) in [4.78, 5) is 2.23. The van der Waals surface area contributed by atoms with Gasteiger partial charge in [0, 0.05) is 12.6 Å². The Bertz CT molecular complexity index is 321. The van der Waals surface area contributed by atoms with Crippen LogP contribution in [0.5, 0.6) is 0 Å². The van der Waals surface area contributed by atoms with E-state index in [9.17, 15) is 5.11 Å². The first-order valence-corrected chi connectivity index (χ1v) is 6.11. The van der Waals surface area contributed by atoms with Crippen LogP contribution in [-0.2, 0) is 0 Å². The highest BCUT2D eigenvalue weighted by atomic mass is 16.3. The van der Waals surface area contributed by atoms with Crippen molar-refractivity contribution in [1.29, 1.82) is 0 Å². The Morgan fingerprint density at radius 3 is 2.50 bits per heavy atom. The molecule has 0 aromatic heterocycles. The van der Waals surface area contributed by atoms with Gasteiger partial charge in [0.05, 0.1) is 6.10 Å². The van der Waals surface area contributed by atoms with Crippen molar-refractivity contribution in [1.82, 2.24) is 4.90 Å². The van der Waals surface area contributed by atoms with E-state index in [0.717, 1.165) is 6.54 Å². The molecule has 2 rings (SSSR count). The molecule has 2 nitrogen and oxygen atoms in total. The second kappa shape index (κ2) is 4.98. The maximum Gasteiger partial charge on any atom is 0.0695 e. The van der Waals surface area contributed by atoms with E-state index in [1.807, 2.05) is 6.07 Å². The van der Waals surface area contributed by atoms with E-state index >= 15 is 0 Å². The van der Waals surface area contributed by atoms with Crippen molar-refractivity contribution in [3.63, 3.8) is 0 Å². The number of benzene rings is 1. The molecule has 0 radical (unpaired) electrons. The average Bonchev–Trinajstić information content (AvgIpc) is 3.13. The summed E-state index contributed by atoms with van der Waals surface area (Å²) in [6.45, 7) is 2.97. The topological polar surface area (TPSA) is 23.5 Å². The predicted molar refractivity (Wildman–Crippen MR) is 66.2 cm³/mol. The second-order valence-corrected chi connectivity index (χ2v) is 4.93. The summed E-state index contributed by atoms with van der Waals surface area (Å²) in [7, 11) is 2.09. The van der Waals surface area contributed by atoms with Crippen LogP contribution in [0.2, 0.25) is 0 Å². The Kier molecular flexibility index (Phi) is 3.62. The quantitative estimate of drug-likeness (QED) is 0.822. The molecular weight excluding hydrogens is 198 g/mol. The van der Waals surface area contributed by atoms with Crippen molar-refractivity contribution in [2.24, 2.45) is 5.92 Å². The van der Waals surface area contributed by atoms with Gasteiger partial charge >= 0.3 is 0 Å². The van der Waals surface area contributed by atoms with Crippen molar-refractivity contribution >= 4 is 0 Å². The van der Waals surface area contributed by atoms with Crippen LogP contribution in [-0.4, -0.2) is 29.7 Å². The van der Waals surface area contributed by atoms with Gasteiger partial charge in [-0.15, -0.1) is 0 Å². The van der Waals surface area contributed by atoms with Crippen molar-refractivity contribution in [3.05, 3.63) is 35.9 Å². The van der Waals surface area contributed by atoms with E-state index in [1.165, 1.54) is 18.4 Å². The summed E-state index contributed by atoms with van der Waals surface area (Å²) in [5, 5.41) is 9.91. The number of nitrogens with zero attached hydrogens (tertiary/aromatic N) is 1. The van der Waals surface area contributed by atoms with Crippen LogP contribution in [0.1, 0.15) is 31.4 Å². The molecular formula is C14H21NO. The highest BCUT2D eigenvalue weighted by Crippen LogP contribution is 2.33. The maximum atomic E-state index is 9.91. The summed E-state index contributed by atoms with van der Waals surface area (Å²) in [5.41, 5.74) is 1.31. The Morgan fingerprint density at radius 2 is 1.94 bits per heavy atom. The Balaban J connectivity index is 1.90. The first kappa shape index (κ1) is 11.6. The minimum atomic E-state index is -0.142. The van der Waals surface area contributed by atoms with E-state index in [1.54, 1.807) is 0 Å². The molecule has 2 atom stereocenters. The van der Waals surface area contributed by atoms with Gasteiger partial charge in [0.2, 0.25) is 0 Å². The molecule has 0 aliphatic heterocycles. The van der Waals surface area contributed by atoms with Crippen molar-refractivity contribution in [3.8, 4) is 0 Å². The standard InChI is InChI=1S/C14H21NO/c1-11(12-6-4-3-5-7-12)15(2)10-14(16)13-8-9-13/h3-7,11,13-14,16H,8-10H2,1-2H3. The normalized spacial score (nSPS) is 19.8. The number of rotatable bonds is 5. The molecule has 1 aliphatic carbocycles. The van der Waals surface area contributed by atoms with E-state index in [2.05, 4.69) is 43.1 Å². The molecule has 1 saturated carbocycles. The fourth-order valence-electron chi connectivity index (χ4n) is 2.07. The lowest BCUT2D eigenvalue weighted by Crippen LogP contribution is -2.32. The Labute approximate surface area is 97.9 Å². The molecule has 0 spiro atoms. The van der Waals surface area contributed by atoms with Crippen molar-refractivity contribution < 1.29 is 5.11 Å². The zero-order chi connectivity index (χ0) is 11.5. The van der Waals surface area contributed by atoms with E-state index in [0.29, 0.717) is 12.0 Å². The zero-order valence-corrected chi connectivity index (χ0v) is 10.1. The lowest BCUT2D eigenvalue weighted by Gasteiger charge is -2.27. The molecule has 0 saturated heterocycles. The predicted octanol–water partition coefficient (Wildman–Crippen LogP) is 2.45. The third-order valence-electron chi connectivity index (χ3n) is 3.58. The van der Waals surface area contributed by atoms with E-state index < -0.39 is 0 Å². The molecule has 1 N–H and O–H groups in total. The average molecular weight is 219 g/mol. The van der Waals surface area contributed by atoms with Gasteiger partial charge in [-0.05, 0) is 38.3 Å². The van der Waals surface area contributed by atoms with Crippen molar-refractivity contribution in [2.45, 2.75) is 31.9 Å². The number of likely N-dealkylation sites (N-methyl/N-ethyl adjacent to an activating group) is 1. The summed E-state index contributed by atoms with van der Waals surface area (Å²) >= 11 is 0. The van der Waals surface area contributed by atoms with E-state index in [-0.39, 0.29) is 6.10 Å². The molecule has 1 aromatic rings. The molecule has 16 heavy (non-hydrogen) atoms. The smallest absolute Gasteiger partial charge is 0.0695 e. The Morgan fingerprint density at radius 1 is 1.31 bits per heavy atom. The van der Waals surface area contributed by atoms with Crippen LogP contribution in [0, 0.1) is 5.92 Å². The van der Waals surface area contributed by atoms with Gasteiger partial charge in [0.15, 0.2) is 0 Å². The lowest BCUT2D eigenvalue weighted by molar-refractivity contribution is 0.0911. The third kappa shape index (κ3) is 2.83. The number of hydrogen-bond acceptors (Lipinski definition) is 2. The maximum absolute atomic E-state index is 9.91. The monoisotopic (exact) mass is 219 g/mol. The van der Waals surface area contributed by atoms with Crippen LogP contribution in [0.25, 0.3) is 0 Å². The number of hydrogen-bond donors (Lipinski definition) is 1. The van der Waals surface area contributed by atoms with Gasteiger partial charge in [0.1, 0.15) is 0 Å². The highest BCUT2D eigenvalue weighted by molar-refractivity contribution is 5.18. The van der Waals surface area contributed by atoms with Crippen molar-refractivity contribution in [2.75, 3.05) is 13.6 Å². The Hall–Kier alpha value is -0.860. The number of aliphatic hydroxyl groups excluding tert-OH is 1. The summed E-state index contributed by atoms with van der Waals surface area (Å²) in [6.07, 6.45) is 2.26. The fourth-order valence-corrected chi connectivity index (χ4v) is 2.07.